The Morgan fingerprint density at radius 2 is 1.03 bits per heavy atom. The van der Waals surface area contributed by atoms with E-state index in [1.54, 1.807) is 74.5 Å². The molecule has 390 valence electrons. The lowest BCUT2D eigenvalue weighted by molar-refractivity contribution is -0.147. The smallest absolute Gasteiger partial charge is 0.326 e. The Labute approximate surface area is 413 Å². The van der Waals surface area contributed by atoms with Gasteiger partial charge in [-0.1, -0.05) is 62.4 Å². The molecule has 2 aromatic rings. The minimum Gasteiger partial charge on any atom is -0.481 e. The predicted octanol–water partition coefficient (Wildman–Crippen LogP) is -1.28. The summed E-state index contributed by atoms with van der Waals surface area (Å²) >= 11 is 1.09. The van der Waals surface area contributed by atoms with E-state index in [2.05, 4.69) is 37.2 Å². The van der Waals surface area contributed by atoms with Gasteiger partial charge in [-0.25, -0.2) is 4.79 Å². The first-order valence-electron chi connectivity index (χ1n) is 22.5. The van der Waals surface area contributed by atoms with Crippen LogP contribution in [-0.4, -0.2) is 151 Å². The van der Waals surface area contributed by atoms with Gasteiger partial charge in [-0.2, -0.15) is 0 Å². The number of thioether (sulfide) groups is 1. The molecule has 0 heterocycles. The molecule has 2 aromatic carbocycles. The van der Waals surface area contributed by atoms with E-state index >= 15 is 0 Å². The molecular formula is C46H64N8O16S. The topological polar surface area (TPSA) is 399 Å². The van der Waals surface area contributed by atoms with Crippen LogP contribution in [0.5, 0.6) is 0 Å². The molecule has 2 rings (SSSR count). The Morgan fingerprint density at radius 1 is 0.535 bits per heavy atom. The summed E-state index contributed by atoms with van der Waals surface area (Å²) in [6, 6.07) is 4.77. The second-order valence-corrected chi connectivity index (χ2v) is 18.2. The Balaban J connectivity index is 2.33. The van der Waals surface area contributed by atoms with E-state index in [0.717, 1.165) is 25.6 Å². The Kier molecular flexibility index (Phi) is 25.2. The molecule has 0 aliphatic carbocycles. The van der Waals surface area contributed by atoms with Crippen molar-refractivity contribution in [3.05, 3.63) is 66.2 Å². The van der Waals surface area contributed by atoms with E-state index in [0.29, 0.717) is 10.5 Å². The zero-order chi connectivity index (χ0) is 53.5. The number of nitrogens with two attached hydrogens (primary N) is 1. The average molecular weight is 1020 g/mol. The van der Waals surface area contributed by atoms with Crippen LogP contribution in [0, 0.1) is 11.8 Å². The second kappa shape index (κ2) is 29.8. The predicted molar refractivity (Wildman–Crippen MR) is 254 cm³/mol. The molecule has 7 amide bonds. The van der Waals surface area contributed by atoms with Gasteiger partial charge in [-0.05, 0) is 63.6 Å². The highest BCUT2D eigenvalue weighted by molar-refractivity contribution is 7.99. The van der Waals surface area contributed by atoms with Gasteiger partial charge in [-0.15, -0.1) is 11.8 Å². The Bertz CT molecular complexity index is 2190. The standard InChI is InChI=1S/C46H64N8O16S/c1-23(2)20-31(51-39(61)25(4)48-40(62)29(47)16-18-34(55)56)42(64)53-33(22-71-28-14-10-7-11-15-28)37(59)44(66)54-36(24(3)45(67)68)43(65)49-26(5)38(60)50-30(17-19-35(57)58)41(63)52-32(46(69)70)21-27-12-8-6-9-13-27/h6-15,23-26,29-33,36-37,59H,16-22,47H2,1-5H3,(H,48,62)(H,49,65)(H,50,60)(H,51,61)(H,52,63)(H,53,64)(H,54,66)(H,55,56)(H,57,58)(H,67,68)(H,69,70)/t24?,25-,26-,29-,30-,31-,32-,33-,36-,37+/m0/s1. The molecule has 0 saturated carbocycles. The van der Waals surface area contributed by atoms with Crippen molar-refractivity contribution >= 4 is 77.0 Å². The molecule has 0 radical (unpaired) electrons. The van der Waals surface area contributed by atoms with Crippen LogP contribution >= 0.6 is 11.8 Å². The molecule has 0 aliphatic heterocycles. The molecule has 0 aromatic heterocycles. The zero-order valence-corrected chi connectivity index (χ0v) is 40.6. The largest absolute Gasteiger partial charge is 0.481 e. The van der Waals surface area contributed by atoms with Crippen molar-refractivity contribution in [3.63, 3.8) is 0 Å². The van der Waals surface area contributed by atoms with E-state index < -0.39 is 145 Å². The number of carboxylic acid groups (broad SMARTS) is 4. The van der Waals surface area contributed by atoms with Crippen LogP contribution in [0.25, 0.3) is 0 Å². The number of aliphatic hydroxyl groups excluding tert-OH is 1. The molecule has 0 fully saturated rings. The van der Waals surface area contributed by atoms with Crippen molar-refractivity contribution in [1.29, 1.82) is 0 Å². The summed E-state index contributed by atoms with van der Waals surface area (Å²) in [6.45, 7) is 6.95. The van der Waals surface area contributed by atoms with Gasteiger partial charge in [0.2, 0.25) is 35.4 Å². The van der Waals surface area contributed by atoms with Crippen LogP contribution in [0.2, 0.25) is 0 Å². The lowest BCUT2D eigenvalue weighted by Crippen LogP contribution is -2.62. The molecule has 1 unspecified atom stereocenters. The number of carbonyl (C=O) groups is 11. The van der Waals surface area contributed by atoms with Gasteiger partial charge >= 0.3 is 23.9 Å². The zero-order valence-electron chi connectivity index (χ0n) is 39.8. The van der Waals surface area contributed by atoms with E-state index in [1.807, 2.05) is 0 Å². The van der Waals surface area contributed by atoms with Crippen LogP contribution in [0.4, 0.5) is 0 Å². The molecule has 71 heavy (non-hydrogen) atoms. The van der Waals surface area contributed by atoms with E-state index in [4.69, 9.17) is 10.8 Å². The number of aliphatic carboxylic acids is 4. The lowest BCUT2D eigenvalue weighted by atomic mass is 9.99. The monoisotopic (exact) mass is 1020 g/mol. The van der Waals surface area contributed by atoms with Crippen molar-refractivity contribution in [3.8, 4) is 0 Å². The fourth-order valence-electron chi connectivity index (χ4n) is 6.50. The highest BCUT2D eigenvalue weighted by atomic mass is 32.2. The average Bonchev–Trinajstić information content (AvgIpc) is 3.31. The molecule has 24 nitrogen and oxygen atoms in total. The molecule has 25 heteroatoms. The van der Waals surface area contributed by atoms with Crippen LogP contribution < -0.4 is 43.0 Å². The maximum atomic E-state index is 13.9. The lowest BCUT2D eigenvalue weighted by Gasteiger charge is -2.29. The van der Waals surface area contributed by atoms with Crippen LogP contribution in [-0.2, 0) is 59.2 Å². The van der Waals surface area contributed by atoms with Gasteiger partial charge in [0.25, 0.3) is 5.91 Å². The van der Waals surface area contributed by atoms with Crippen LogP contribution in [0.1, 0.15) is 72.3 Å². The third-order valence-electron chi connectivity index (χ3n) is 10.6. The number of hydrogen-bond donors (Lipinski definition) is 13. The van der Waals surface area contributed by atoms with Gasteiger partial charge in [0.1, 0.15) is 36.3 Å². The minimum absolute atomic E-state index is 0.0173. The first-order valence-corrected chi connectivity index (χ1v) is 23.5. The normalized spacial score (nSPS) is 15.3. The number of aliphatic hydroxyl groups is 1. The molecule has 0 spiro atoms. The third-order valence-corrected chi connectivity index (χ3v) is 11.8. The van der Waals surface area contributed by atoms with Crippen LogP contribution in [0.15, 0.2) is 65.6 Å². The number of carbonyl (C=O) groups excluding carboxylic acids is 7. The first-order chi connectivity index (χ1) is 33.3. The van der Waals surface area contributed by atoms with E-state index in [-0.39, 0.29) is 30.9 Å². The molecule has 0 bridgehead atoms. The number of amides is 7. The third kappa shape index (κ3) is 21.6. The molecule has 0 aliphatic rings. The number of nitrogens with one attached hydrogen (secondary N) is 7. The summed E-state index contributed by atoms with van der Waals surface area (Å²) in [4.78, 5) is 141. The maximum absolute atomic E-state index is 13.9. The number of rotatable bonds is 31. The SMILES string of the molecule is CC(C)C[C@H](NC(=O)[C@H](C)NC(=O)[C@@H](N)CCC(=O)O)C(=O)N[C@@H](CSc1ccccc1)[C@@H](O)C(=O)N[C@H](C(=O)N[C@@H](C)C(=O)N[C@@H](CCC(=O)O)C(=O)N[C@@H](Cc1ccccc1)C(=O)O)C(C)C(=O)O. The second-order valence-electron chi connectivity index (χ2n) is 17.1. The fraction of sp³-hybridized carbons (Fsp3) is 0.500. The van der Waals surface area contributed by atoms with Crippen molar-refractivity contribution in [2.24, 2.45) is 17.6 Å². The Morgan fingerprint density at radius 3 is 1.55 bits per heavy atom. The molecular weight excluding hydrogens is 953 g/mol. The van der Waals surface area contributed by atoms with Gasteiger partial charge < -0.3 is 68.5 Å². The molecule has 14 N–H and O–H groups in total. The first kappa shape index (κ1) is 60.0. The number of benzene rings is 2. The fourth-order valence-corrected chi connectivity index (χ4v) is 7.49. The quantitative estimate of drug-likeness (QED) is 0.0391. The highest BCUT2D eigenvalue weighted by Gasteiger charge is 2.38. The van der Waals surface area contributed by atoms with Crippen molar-refractivity contribution < 1.29 is 78.3 Å². The van der Waals surface area contributed by atoms with Gasteiger partial charge in [0.05, 0.1) is 18.0 Å². The summed E-state index contributed by atoms with van der Waals surface area (Å²) in [7, 11) is 0. The molecule has 10 atom stereocenters. The summed E-state index contributed by atoms with van der Waals surface area (Å²) in [5.74, 6) is -15.0. The summed E-state index contributed by atoms with van der Waals surface area (Å²) in [5.41, 5.74) is 6.31. The minimum atomic E-state index is -2.20. The van der Waals surface area contributed by atoms with Gasteiger partial charge in [0.15, 0.2) is 6.10 Å². The summed E-state index contributed by atoms with van der Waals surface area (Å²) in [5, 5.41) is 65.9. The number of hydrogen-bond acceptors (Lipinski definition) is 14. The summed E-state index contributed by atoms with van der Waals surface area (Å²) < 4.78 is 0. The number of carboxylic acids is 4. The van der Waals surface area contributed by atoms with Crippen LogP contribution in [0.3, 0.4) is 0 Å². The molecule has 0 saturated heterocycles. The van der Waals surface area contributed by atoms with Crippen molar-refractivity contribution in [2.75, 3.05) is 5.75 Å². The van der Waals surface area contributed by atoms with Crippen molar-refractivity contribution in [2.45, 2.75) is 132 Å². The van der Waals surface area contributed by atoms with Gasteiger partial charge in [-0.3, -0.25) is 47.9 Å². The highest BCUT2D eigenvalue weighted by Crippen LogP contribution is 2.20. The van der Waals surface area contributed by atoms with Gasteiger partial charge in [0, 0.05) is 29.9 Å². The van der Waals surface area contributed by atoms with Crippen molar-refractivity contribution in [1.82, 2.24) is 37.2 Å². The Hall–Kier alpha value is -7.12. The van der Waals surface area contributed by atoms with E-state index in [9.17, 15) is 73.2 Å². The maximum Gasteiger partial charge on any atom is 0.326 e. The van der Waals surface area contributed by atoms with E-state index in [1.165, 1.54) is 6.92 Å². The summed E-state index contributed by atoms with van der Waals surface area (Å²) in [6.07, 6.45) is -4.10.